The minimum atomic E-state index is -0.912. The zero-order chi connectivity index (χ0) is 12.0. The lowest BCUT2D eigenvalue weighted by Crippen LogP contribution is -2.47. The highest BCUT2D eigenvalue weighted by Crippen LogP contribution is 2.25. The van der Waals surface area contributed by atoms with Crippen molar-refractivity contribution in [2.45, 2.75) is 5.41 Å². The van der Waals surface area contributed by atoms with E-state index < -0.39 is 5.41 Å². The van der Waals surface area contributed by atoms with Gasteiger partial charge in [-0.15, -0.1) is 0 Å². The van der Waals surface area contributed by atoms with Crippen molar-refractivity contribution < 1.29 is 14.3 Å². The third-order valence-corrected chi connectivity index (χ3v) is 2.64. The largest absolute Gasteiger partial charge is 0.468 e. The number of benzene rings is 1. The van der Waals surface area contributed by atoms with E-state index in [1.54, 1.807) is 0 Å². The highest BCUT2D eigenvalue weighted by Gasteiger charge is 2.40. The van der Waals surface area contributed by atoms with Gasteiger partial charge in [-0.05, 0) is 5.56 Å². The van der Waals surface area contributed by atoms with Gasteiger partial charge in [0.2, 0.25) is 0 Å². The van der Waals surface area contributed by atoms with Gasteiger partial charge >= 0.3 is 5.97 Å². The Kier molecular flexibility index (Phi) is 4.46. The van der Waals surface area contributed by atoms with Crippen molar-refractivity contribution in [1.29, 1.82) is 0 Å². The minimum absolute atomic E-state index is 0.150. The van der Waals surface area contributed by atoms with E-state index in [0.717, 1.165) is 5.56 Å². The predicted molar refractivity (Wildman–Crippen MR) is 61.1 cm³/mol. The number of hydrogen-bond donors (Lipinski definition) is 1. The standard InChI is InChI=1S/C12H17NO3/c1-15-9-12(8-13,11(14)16-2)10-6-4-3-5-7-10/h3-7H,8-9,13H2,1-2H3. The molecule has 2 N–H and O–H groups in total. The molecule has 0 aromatic heterocycles. The molecule has 0 fully saturated rings. The summed E-state index contributed by atoms with van der Waals surface area (Å²) in [4.78, 5) is 11.9. The van der Waals surface area contributed by atoms with Crippen molar-refractivity contribution in [3.63, 3.8) is 0 Å². The Morgan fingerprint density at radius 3 is 2.38 bits per heavy atom. The number of nitrogens with two attached hydrogens (primary N) is 1. The molecule has 1 atom stereocenters. The van der Waals surface area contributed by atoms with E-state index in [2.05, 4.69) is 0 Å². The molecule has 0 saturated heterocycles. The third kappa shape index (κ3) is 2.23. The van der Waals surface area contributed by atoms with Gasteiger partial charge in [-0.2, -0.15) is 0 Å². The number of esters is 1. The molecule has 88 valence electrons. The number of carbonyl (C=O) groups excluding carboxylic acids is 1. The molecule has 0 aliphatic rings. The Hall–Kier alpha value is -1.39. The second-order valence-corrected chi connectivity index (χ2v) is 3.58. The highest BCUT2D eigenvalue weighted by atomic mass is 16.5. The van der Waals surface area contributed by atoms with E-state index in [1.807, 2.05) is 30.3 Å². The fourth-order valence-corrected chi connectivity index (χ4v) is 1.72. The zero-order valence-corrected chi connectivity index (χ0v) is 9.60. The van der Waals surface area contributed by atoms with Crippen molar-refractivity contribution in [3.05, 3.63) is 35.9 Å². The Morgan fingerprint density at radius 2 is 1.94 bits per heavy atom. The van der Waals surface area contributed by atoms with Crippen LogP contribution in [-0.2, 0) is 19.7 Å². The summed E-state index contributed by atoms with van der Waals surface area (Å²) in [5.41, 5.74) is 5.62. The summed E-state index contributed by atoms with van der Waals surface area (Å²) in [5, 5.41) is 0. The van der Waals surface area contributed by atoms with Gasteiger partial charge in [0, 0.05) is 13.7 Å². The minimum Gasteiger partial charge on any atom is -0.468 e. The molecule has 0 spiro atoms. The Balaban J connectivity index is 3.17. The Morgan fingerprint density at radius 1 is 1.31 bits per heavy atom. The van der Waals surface area contributed by atoms with Crippen LogP contribution in [0, 0.1) is 0 Å². The second kappa shape index (κ2) is 5.63. The summed E-state index contributed by atoms with van der Waals surface area (Å²) < 4.78 is 9.91. The molecule has 1 aromatic rings. The van der Waals surface area contributed by atoms with Gasteiger partial charge in [0.1, 0.15) is 5.41 Å². The zero-order valence-electron chi connectivity index (χ0n) is 9.60. The number of methoxy groups -OCH3 is 2. The maximum absolute atomic E-state index is 11.9. The summed E-state index contributed by atoms with van der Waals surface area (Å²) in [6, 6.07) is 9.30. The Labute approximate surface area is 95.3 Å². The smallest absolute Gasteiger partial charge is 0.319 e. The molecule has 4 nitrogen and oxygen atoms in total. The van der Waals surface area contributed by atoms with Crippen LogP contribution in [0.15, 0.2) is 30.3 Å². The van der Waals surface area contributed by atoms with Crippen LogP contribution in [0.5, 0.6) is 0 Å². The monoisotopic (exact) mass is 223 g/mol. The number of carbonyl (C=O) groups is 1. The van der Waals surface area contributed by atoms with Crippen LogP contribution in [0.3, 0.4) is 0 Å². The Bertz CT molecular complexity index is 339. The van der Waals surface area contributed by atoms with Crippen LogP contribution >= 0.6 is 0 Å². The first-order chi connectivity index (χ1) is 7.71. The van der Waals surface area contributed by atoms with E-state index in [9.17, 15) is 4.79 Å². The van der Waals surface area contributed by atoms with Gasteiger partial charge in [-0.3, -0.25) is 4.79 Å². The molecule has 4 heteroatoms. The van der Waals surface area contributed by atoms with Crippen LogP contribution in [0.2, 0.25) is 0 Å². The number of ether oxygens (including phenoxy) is 2. The molecule has 0 aliphatic carbocycles. The molecule has 0 radical (unpaired) electrons. The van der Waals surface area contributed by atoms with E-state index in [-0.39, 0.29) is 19.1 Å². The lowest BCUT2D eigenvalue weighted by molar-refractivity contribution is -0.149. The van der Waals surface area contributed by atoms with Crippen molar-refractivity contribution in [3.8, 4) is 0 Å². The van der Waals surface area contributed by atoms with Gasteiger partial charge in [-0.25, -0.2) is 0 Å². The summed E-state index contributed by atoms with van der Waals surface area (Å²) in [7, 11) is 2.89. The van der Waals surface area contributed by atoms with Crippen LogP contribution in [-0.4, -0.2) is 33.3 Å². The summed E-state index contributed by atoms with van der Waals surface area (Å²) in [6.45, 7) is 0.359. The van der Waals surface area contributed by atoms with Gasteiger partial charge in [0.05, 0.1) is 13.7 Å². The van der Waals surface area contributed by atoms with E-state index in [4.69, 9.17) is 15.2 Å². The predicted octanol–water partition coefficient (Wildman–Crippen LogP) is 0.703. The average Bonchev–Trinajstić information content (AvgIpc) is 2.36. The fraction of sp³-hybridized carbons (Fsp3) is 0.417. The molecule has 0 bridgehead atoms. The lowest BCUT2D eigenvalue weighted by atomic mass is 9.81. The fourth-order valence-electron chi connectivity index (χ4n) is 1.72. The van der Waals surface area contributed by atoms with Gasteiger partial charge in [-0.1, -0.05) is 30.3 Å². The molecular formula is C12H17NO3. The molecule has 1 aromatic carbocycles. The van der Waals surface area contributed by atoms with Gasteiger partial charge in [0.25, 0.3) is 0 Å². The van der Waals surface area contributed by atoms with Crippen LogP contribution in [0.1, 0.15) is 5.56 Å². The quantitative estimate of drug-likeness (QED) is 0.746. The second-order valence-electron chi connectivity index (χ2n) is 3.58. The van der Waals surface area contributed by atoms with Crippen molar-refractivity contribution >= 4 is 5.97 Å². The molecule has 1 rings (SSSR count). The number of hydrogen-bond acceptors (Lipinski definition) is 4. The van der Waals surface area contributed by atoms with Gasteiger partial charge in [0.15, 0.2) is 0 Å². The number of rotatable bonds is 5. The summed E-state index contributed by atoms with van der Waals surface area (Å²) in [5.74, 6) is -0.372. The average molecular weight is 223 g/mol. The topological polar surface area (TPSA) is 61.5 Å². The maximum atomic E-state index is 11.9. The molecular weight excluding hydrogens is 206 g/mol. The highest BCUT2D eigenvalue weighted by molar-refractivity contribution is 5.83. The maximum Gasteiger partial charge on any atom is 0.319 e. The summed E-state index contributed by atoms with van der Waals surface area (Å²) >= 11 is 0. The first-order valence-corrected chi connectivity index (χ1v) is 5.04. The molecule has 16 heavy (non-hydrogen) atoms. The van der Waals surface area contributed by atoms with E-state index >= 15 is 0 Å². The van der Waals surface area contributed by atoms with Crippen LogP contribution < -0.4 is 5.73 Å². The molecule has 1 unspecified atom stereocenters. The molecule has 0 heterocycles. The van der Waals surface area contributed by atoms with Crippen LogP contribution in [0.4, 0.5) is 0 Å². The lowest BCUT2D eigenvalue weighted by Gasteiger charge is -2.29. The van der Waals surface area contributed by atoms with Crippen LogP contribution in [0.25, 0.3) is 0 Å². The van der Waals surface area contributed by atoms with Crippen molar-refractivity contribution in [2.75, 3.05) is 27.4 Å². The normalized spacial score (nSPS) is 14.2. The first-order valence-electron chi connectivity index (χ1n) is 5.04. The van der Waals surface area contributed by atoms with E-state index in [1.165, 1.54) is 14.2 Å². The third-order valence-electron chi connectivity index (χ3n) is 2.64. The SMILES string of the molecule is COCC(CN)(C(=O)OC)c1ccccc1. The molecule has 0 saturated carbocycles. The first kappa shape index (κ1) is 12.7. The molecule has 0 amide bonds. The van der Waals surface area contributed by atoms with Crippen molar-refractivity contribution in [1.82, 2.24) is 0 Å². The van der Waals surface area contributed by atoms with Gasteiger partial charge < -0.3 is 15.2 Å². The van der Waals surface area contributed by atoms with Crippen molar-refractivity contribution in [2.24, 2.45) is 5.73 Å². The summed E-state index contributed by atoms with van der Waals surface area (Å²) in [6.07, 6.45) is 0. The molecule has 0 aliphatic heterocycles. The van der Waals surface area contributed by atoms with E-state index in [0.29, 0.717) is 0 Å².